The fraction of sp³-hybridized carbons (Fsp3) is 0.500. The van der Waals surface area contributed by atoms with E-state index in [1.54, 1.807) is 6.20 Å². The number of hydrogen-bond acceptors (Lipinski definition) is 4. The van der Waals surface area contributed by atoms with Crippen LogP contribution in [-0.4, -0.2) is 43.4 Å². The van der Waals surface area contributed by atoms with Gasteiger partial charge >= 0.3 is 5.97 Å². The molecule has 1 N–H and O–H groups in total. The molecule has 1 aliphatic heterocycles. The first-order valence-electron chi connectivity index (χ1n) is 6.81. The van der Waals surface area contributed by atoms with Gasteiger partial charge in [0.05, 0.1) is 11.1 Å². The van der Waals surface area contributed by atoms with E-state index < -0.39 is 11.4 Å². The minimum absolute atomic E-state index is 0.573. The van der Waals surface area contributed by atoms with Gasteiger partial charge in [-0.25, -0.2) is 9.97 Å². The summed E-state index contributed by atoms with van der Waals surface area (Å²) in [7, 11) is 0. The van der Waals surface area contributed by atoms with Crippen LogP contribution < -0.4 is 0 Å². The van der Waals surface area contributed by atoms with Gasteiger partial charge in [-0.05, 0) is 32.4 Å². The van der Waals surface area contributed by atoms with Crippen LogP contribution in [0.5, 0.6) is 0 Å². The molecule has 0 amide bonds. The van der Waals surface area contributed by atoms with Crippen molar-refractivity contribution in [1.29, 1.82) is 0 Å². The maximum atomic E-state index is 11.4. The van der Waals surface area contributed by atoms with Crippen molar-refractivity contribution in [3.63, 3.8) is 0 Å². The van der Waals surface area contributed by atoms with E-state index in [-0.39, 0.29) is 0 Å². The second-order valence-electron chi connectivity index (χ2n) is 5.74. The van der Waals surface area contributed by atoms with E-state index in [4.69, 9.17) is 0 Å². The molecule has 0 aromatic carbocycles. The first-order valence-corrected chi connectivity index (χ1v) is 6.81. The number of aromatic nitrogens is 3. The maximum absolute atomic E-state index is 11.4. The molecular weight excluding hydrogens is 256 g/mol. The third-order valence-electron chi connectivity index (χ3n) is 3.96. The van der Waals surface area contributed by atoms with E-state index in [1.807, 2.05) is 29.8 Å². The van der Waals surface area contributed by atoms with E-state index in [1.165, 1.54) is 0 Å². The molecule has 0 saturated carbocycles. The van der Waals surface area contributed by atoms with Gasteiger partial charge in [-0.3, -0.25) is 14.1 Å². The van der Waals surface area contributed by atoms with Gasteiger partial charge in [0, 0.05) is 31.7 Å². The number of aliphatic carboxylic acids is 1. The van der Waals surface area contributed by atoms with Crippen molar-refractivity contribution in [3.8, 4) is 0 Å². The molecule has 6 nitrogen and oxygen atoms in total. The number of likely N-dealkylation sites (tertiary alicyclic amines) is 1. The highest BCUT2D eigenvalue weighted by Crippen LogP contribution is 2.30. The van der Waals surface area contributed by atoms with Gasteiger partial charge < -0.3 is 5.11 Å². The lowest BCUT2D eigenvalue weighted by atomic mass is 9.82. The Morgan fingerprint density at radius 3 is 3.15 bits per heavy atom. The van der Waals surface area contributed by atoms with Crippen LogP contribution in [0.3, 0.4) is 0 Å². The topological polar surface area (TPSA) is 70.7 Å². The van der Waals surface area contributed by atoms with Crippen LogP contribution in [0.4, 0.5) is 0 Å². The van der Waals surface area contributed by atoms with E-state index >= 15 is 0 Å². The Morgan fingerprint density at radius 2 is 2.40 bits per heavy atom. The molecule has 1 fully saturated rings. The summed E-state index contributed by atoms with van der Waals surface area (Å²) in [5.74, 6) is -0.0284. The standard InChI is InChI=1S/C14H18N4O2/c1-14(12(19)20)4-2-6-17(10-14)8-11-9-18-7-3-5-15-13(18)16-11/h3,5,7,9H,2,4,6,8,10H2,1H3,(H,19,20). The van der Waals surface area contributed by atoms with Crippen molar-refractivity contribution >= 4 is 11.7 Å². The van der Waals surface area contributed by atoms with Crippen molar-refractivity contribution in [3.05, 3.63) is 30.4 Å². The SMILES string of the molecule is CC1(C(=O)O)CCCN(Cc2cn3cccnc3n2)C1. The third-order valence-corrected chi connectivity index (χ3v) is 3.96. The highest BCUT2D eigenvalue weighted by molar-refractivity contribution is 5.74. The average molecular weight is 274 g/mol. The van der Waals surface area contributed by atoms with Gasteiger partial charge in [0.1, 0.15) is 0 Å². The number of rotatable bonds is 3. The van der Waals surface area contributed by atoms with Crippen molar-refractivity contribution in [1.82, 2.24) is 19.3 Å². The fourth-order valence-corrected chi connectivity index (χ4v) is 2.84. The quantitative estimate of drug-likeness (QED) is 0.916. The maximum Gasteiger partial charge on any atom is 0.310 e. The summed E-state index contributed by atoms with van der Waals surface area (Å²) in [6.07, 6.45) is 7.24. The van der Waals surface area contributed by atoms with Crippen LogP contribution in [0.1, 0.15) is 25.5 Å². The van der Waals surface area contributed by atoms with Gasteiger partial charge in [0.25, 0.3) is 0 Å². The van der Waals surface area contributed by atoms with Gasteiger partial charge in [-0.2, -0.15) is 0 Å². The second kappa shape index (κ2) is 4.86. The zero-order valence-corrected chi connectivity index (χ0v) is 11.5. The van der Waals surface area contributed by atoms with Crippen LogP contribution in [-0.2, 0) is 11.3 Å². The molecule has 106 valence electrons. The summed E-state index contributed by atoms with van der Waals surface area (Å²) in [5.41, 5.74) is 0.286. The van der Waals surface area contributed by atoms with E-state index in [0.717, 1.165) is 25.1 Å². The molecule has 1 unspecified atom stereocenters. The smallest absolute Gasteiger partial charge is 0.310 e. The van der Waals surface area contributed by atoms with E-state index in [0.29, 0.717) is 18.9 Å². The highest BCUT2D eigenvalue weighted by atomic mass is 16.4. The van der Waals surface area contributed by atoms with Crippen LogP contribution in [0.25, 0.3) is 5.78 Å². The van der Waals surface area contributed by atoms with Crippen molar-refractivity contribution in [2.75, 3.05) is 13.1 Å². The largest absolute Gasteiger partial charge is 0.481 e. The number of hydrogen-bond donors (Lipinski definition) is 1. The van der Waals surface area contributed by atoms with E-state index in [9.17, 15) is 9.90 Å². The second-order valence-corrected chi connectivity index (χ2v) is 5.74. The van der Waals surface area contributed by atoms with Gasteiger partial charge in [-0.15, -0.1) is 0 Å². The van der Waals surface area contributed by atoms with Gasteiger partial charge in [-0.1, -0.05) is 0 Å². The predicted molar refractivity (Wildman–Crippen MR) is 73.2 cm³/mol. The Balaban J connectivity index is 1.75. The molecule has 0 aliphatic carbocycles. The average Bonchev–Trinajstić information content (AvgIpc) is 2.80. The molecule has 2 aromatic heterocycles. The summed E-state index contributed by atoms with van der Waals surface area (Å²) in [6.45, 7) is 3.99. The van der Waals surface area contributed by atoms with Crippen LogP contribution in [0.15, 0.2) is 24.7 Å². The molecule has 1 saturated heterocycles. The summed E-state index contributed by atoms with van der Waals surface area (Å²) in [5, 5.41) is 9.34. The van der Waals surface area contributed by atoms with Crippen molar-refractivity contribution in [2.24, 2.45) is 5.41 Å². The van der Waals surface area contributed by atoms with Crippen molar-refractivity contribution in [2.45, 2.75) is 26.3 Å². The molecule has 2 aromatic rings. The van der Waals surface area contributed by atoms with Crippen LogP contribution in [0.2, 0.25) is 0 Å². The number of nitrogens with zero attached hydrogens (tertiary/aromatic N) is 4. The monoisotopic (exact) mass is 274 g/mol. The molecule has 1 aliphatic rings. The molecule has 0 bridgehead atoms. The molecule has 1 atom stereocenters. The minimum Gasteiger partial charge on any atom is -0.481 e. The number of imidazole rings is 1. The lowest BCUT2D eigenvalue weighted by Crippen LogP contribution is -2.45. The highest BCUT2D eigenvalue weighted by Gasteiger charge is 2.37. The first-order chi connectivity index (χ1) is 9.57. The van der Waals surface area contributed by atoms with Gasteiger partial charge in [0.2, 0.25) is 5.78 Å². The van der Waals surface area contributed by atoms with Crippen molar-refractivity contribution < 1.29 is 9.90 Å². The first kappa shape index (κ1) is 13.1. The Morgan fingerprint density at radius 1 is 1.55 bits per heavy atom. The Labute approximate surface area is 117 Å². The predicted octanol–water partition coefficient (Wildman–Crippen LogP) is 1.42. The molecule has 3 rings (SSSR count). The Hall–Kier alpha value is -1.95. The number of piperidine rings is 1. The number of carboxylic acids is 1. The van der Waals surface area contributed by atoms with Crippen LogP contribution >= 0.6 is 0 Å². The van der Waals surface area contributed by atoms with Crippen LogP contribution in [0, 0.1) is 5.41 Å². The summed E-state index contributed by atoms with van der Waals surface area (Å²) < 4.78 is 1.88. The number of carboxylic acid groups (broad SMARTS) is 1. The lowest BCUT2D eigenvalue weighted by Gasteiger charge is -2.37. The Bertz CT molecular complexity index is 606. The third kappa shape index (κ3) is 2.38. The fourth-order valence-electron chi connectivity index (χ4n) is 2.84. The molecule has 6 heteroatoms. The number of fused-ring (bicyclic) bond motifs is 1. The zero-order valence-electron chi connectivity index (χ0n) is 11.5. The molecular formula is C14H18N4O2. The minimum atomic E-state index is -0.709. The summed E-state index contributed by atoms with van der Waals surface area (Å²) in [6, 6.07) is 1.86. The lowest BCUT2D eigenvalue weighted by molar-refractivity contribution is -0.151. The Kier molecular flexibility index (Phi) is 3.17. The molecule has 0 radical (unpaired) electrons. The summed E-state index contributed by atoms with van der Waals surface area (Å²) in [4.78, 5) is 22.2. The molecule has 20 heavy (non-hydrogen) atoms. The normalized spacial score (nSPS) is 24.1. The summed E-state index contributed by atoms with van der Waals surface area (Å²) >= 11 is 0. The molecule has 0 spiro atoms. The van der Waals surface area contributed by atoms with E-state index in [2.05, 4.69) is 14.9 Å². The zero-order chi connectivity index (χ0) is 14.2. The molecule has 3 heterocycles. The van der Waals surface area contributed by atoms with Gasteiger partial charge in [0.15, 0.2) is 0 Å². The number of carbonyl (C=O) groups is 1.